The van der Waals surface area contributed by atoms with Crippen LogP contribution in [0.1, 0.15) is 20.7 Å². The Morgan fingerprint density at radius 2 is 1.60 bits per heavy atom. The number of methoxy groups -OCH3 is 1. The van der Waals surface area contributed by atoms with Crippen molar-refractivity contribution in [3.05, 3.63) is 63.6 Å². The Bertz CT molecular complexity index is 822. The van der Waals surface area contributed by atoms with E-state index in [2.05, 4.69) is 10.1 Å². The average Bonchev–Trinajstić information content (AvgIpc) is 2.63. The van der Waals surface area contributed by atoms with Crippen LogP contribution in [0.2, 0.25) is 10.0 Å². The zero-order valence-corrected chi connectivity index (χ0v) is 14.6. The van der Waals surface area contributed by atoms with Crippen molar-refractivity contribution in [3.8, 4) is 0 Å². The first kappa shape index (κ1) is 18.8. The number of amides is 1. The van der Waals surface area contributed by atoms with Gasteiger partial charge in [0, 0.05) is 0 Å². The van der Waals surface area contributed by atoms with Gasteiger partial charge in [-0.1, -0.05) is 41.4 Å². The van der Waals surface area contributed by atoms with Crippen LogP contribution in [-0.2, 0) is 14.3 Å². The summed E-state index contributed by atoms with van der Waals surface area (Å²) in [5.74, 6) is -2.11. The lowest BCUT2D eigenvalue weighted by Gasteiger charge is -2.10. The third-order valence-electron chi connectivity index (χ3n) is 3.11. The van der Waals surface area contributed by atoms with Crippen molar-refractivity contribution in [3.63, 3.8) is 0 Å². The molecule has 0 aliphatic heterocycles. The Morgan fingerprint density at radius 3 is 2.24 bits per heavy atom. The molecule has 8 heteroatoms. The number of benzene rings is 2. The van der Waals surface area contributed by atoms with Gasteiger partial charge in [0.25, 0.3) is 5.91 Å². The van der Waals surface area contributed by atoms with E-state index < -0.39 is 24.5 Å². The highest BCUT2D eigenvalue weighted by atomic mass is 35.5. The first-order valence-electron chi connectivity index (χ1n) is 7.02. The molecule has 0 atom stereocenters. The fourth-order valence-electron chi connectivity index (χ4n) is 1.94. The number of hydrogen-bond acceptors (Lipinski definition) is 5. The molecule has 6 nitrogen and oxygen atoms in total. The maximum Gasteiger partial charge on any atom is 0.339 e. The molecule has 130 valence electrons. The predicted molar refractivity (Wildman–Crippen MR) is 93.2 cm³/mol. The summed E-state index contributed by atoms with van der Waals surface area (Å²) in [6.45, 7) is -0.558. The molecule has 0 saturated carbocycles. The third-order valence-corrected chi connectivity index (χ3v) is 3.93. The molecular formula is C17H13Cl2NO5. The molecule has 0 heterocycles. The van der Waals surface area contributed by atoms with E-state index in [-0.39, 0.29) is 21.2 Å². The number of rotatable bonds is 5. The number of anilines is 1. The summed E-state index contributed by atoms with van der Waals surface area (Å²) in [5.41, 5.74) is 0.349. The maximum absolute atomic E-state index is 12.1. The van der Waals surface area contributed by atoms with E-state index in [1.165, 1.54) is 19.2 Å². The average molecular weight is 382 g/mol. The highest BCUT2D eigenvalue weighted by Crippen LogP contribution is 2.29. The van der Waals surface area contributed by atoms with Gasteiger partial charge in [-0.25, -0.2) is 9.59 Å². The molecule has 2 rings (SSSR count). The summed E-state index contributed by atoms with van der Waals surface area (Å²) in [6.07, 6.45) is 0. The summed E-state index contributed by atoms with van der Waals surface area (Å²) in [4.78, 5) is 35.7. The van der Waals surface area contributed by atoms with Crippen LogP contribution in [0.4, 0.5) is 5.69 Å². The van der Waals surface area contributed by atoms with Gasteiger partial charge in [0.05, 0.1) is 34.0 Å². The Morgan fingerprint density at radius 1 is 0.960 bits per heavy atom. The van der Waals surface area contributed by atoms with Crippen LogP contribution in [0.5, 0.6) is 0 Å². The van der Waals surface area contributed by atoms with Gasteiger partial charge in [-0.05, 0) is 24.3 Å². The molecule has 0 fully saturated rings. The largest absolute Gasteiger partial charge is 0.465 e. The van der Waals surface area contributed by atoms with Gasteiger partial charge < -0.3 is 14.8 Å². The van der Waals surface area contributed by atoms with Crippen LogP contribution in [0, 0.1) is 0 Å². The van der Waals surface area contributed by atoms with Crippen LogP contribution in [0.15, 0.2) is 42.5 Å². The van der Waals surface area contributed by atoms with E-state index in [0.29, 0.717) is 5.69 Å². The van der Waals surface area contributed by atoms with Crippen molar-refractivity contribution in [2.45, 2.75) is 0 Å². The molecule has 2 aromatic carbocycles. The second-order valence-corrected chi connectivity index (χ2v) is 5.55. The number of halogens is 2. The van der Waals surface area contributed by atoms with Gasteiger partial charge >= 0.3 is 11.9 Å². The summed E-state index contributed by atoms with van der Waals surface area (Å²) in [5, 5.41) is 2.94. The van der Waals surface area contributed by atoms with E-state index in [9.17, 15) is 14.4 Å². The van der Waals surface area contributed by atoms with Crippen molar-refractivity contribution >= 4 is 46.7 Å². The second kappa shape index (κ2) is 8.50. The van der Waals surface area contributed by atoms with E-state index in [1.54, 1.807) is 30.3 Å². The molecule has 0 bridgehead atoms. The number of ether oxygens (including phenoxy) is 2. The molecule has 1 N–H and O–H groups in total. The number of carbonyl (C=O) groups is 3. The van der Waals surface area contributed by atoms with Gasteiger partial charge in [0.15, 0.2) is 6.61 Å². The minimum absolute atomic E-state index is 0.00272. The van der Waals surface area contributed by atoms with Crippen molar-refractivity contribution in [1.29, 1.82) is 0 Å². The second-order valence-electron chi connectivity index (χ2n) is 4.76. The molecule has 0 spiro atoms. The van der Waals surface area contributed by atoms with Crippen molar-refractivity contribution in [2.75, 3.05) is 19.0 Å². The molecule has 2 aromatic rings. The van der Waals surface area contributed by atoms with Gasteiger partial charge in [0.1, 0.15) is 0 Å². The van der Waals surface area contributed by atoms with Crippen LogP contribution >= 0.6 is 23.2 Å². The standard InChI is InChI=1S/C17H13Cl2NO5/c1-24-16(22)10-5-2-3-6-11(10)17(23)25-9-14(21)20-13-8-4-7-12(18)15(13)19/h2-8H,9H2,1H3,(H,20,21). The van der Waals surface area contributed by atoms with E-state index in [0.717, 1.165) is 0 Å². The SMILES string of the molecule is COC(=O)c1ccccc1C(=O)OCC(=O)Nc1cccc(Cl)c1Cl. The molecule has 0 aliphatic carbocycles. The van der Waals surface area contributed by atoms with Crippen LogP contribution in [0.3, 0.4) is 0 Å². The molecule has 0 aliphatic rings. The summed E-state index contributed by atoms with van der Waals surface area (Å²) < 4.78 is 9.54. The van der Waals surface area contributed by atoms with E-state index in [1.807, 2.05) is 0 Å². The van der Waals surface area contributed by atoms with Gasteiger partial charge in [-0.15, -0.1) is 0 Å². The molecule has 0 radical (unpaired) electrons. The normalized spacial score (nSPS) is 10.0. The first-order chi connectivity index (χ1) is 11.9. The summed E-state index contributed by atoms with van der Waals surface area (Å²) >= 11 is 11.8. The van der Waals surface area contributed by atoms with Crippen molar-refractivity contribution in [2.24, 2.45) is 0 Å². The highest BCUT2D eigenvalue weighted by molar-refractivity contribution is 6.44. The minimum Gasteiger partial charge on any atom is -0.465 e. The quantitative estimate of drug-likeness (QED) is 0.800. The molecule has 0 aromatic heterocycles. The van der Waals surface area contributed by atoms with Gasteiger partial charge in [0.2, 0.25) is 0 Å². The Labute approximate surface area is 153 Å². The lowest BCUT2D eigenvalue weighted by molar-refractivity contribution is -0.119. The number of nitrogens with one attached hydrogen (secondary N) is 1. The van der Waals surface area contributed by atoms with Gasteiger partial charge in [-0.3, -0.25) is 4.79 Å². The summed E-state index contributed by atoms with van der Waals surface area (Å²) in [7, 11) is 1.20. The number of carbonyl (C=O) groups excluding carboxylic acids is 3. The molecule has 1 amide bonds. The molecular weight excluding hydrogens is 369 g/mol. The third kappa shape index (κ3) is 4.71. The Kier molecular flexibility index (Phi) is 6.38. The van der Waals surface area contributed by atoms with Crippen molar-refractivity contribution in [1.82, 2.24) is 0 Å². The zero-order valence-electron chi connectivity index (χ0n) is 13.0. The molecule has 25 heavy (non-hydrogen) atoms. The topological polar surface area (TPSA) is 81.7 Å². The number of esters is 2. The van der Waals surface area contributed by atoms with Crippen LogP contribution in [-0.4, -0.2) is 31.6 Å². The van der Waals surface area contributed by atoms with Crippen molar-refractivity contribution < 1.29 is 23.9 Å². The predicted octanol–water partition coefficient (Wildman–Crippen LogP) is 3.58. The lowest BCUT2D eigenvalue weighted by Crippen LogP contribution is -2.22. The monoisotopic (exact) mass is 381 g/mol. The Balaban J connectivity index is 2.02. The smallest absolute Gasteiger partial charge is 0.339 e. The maximum atomic E-state index is 12.1. The zero-order chi connectivity index (χ0) is 18.4. The Hall–Kier alpha value is -2.57. The molecule has 0 saturated heterocycles. The number of hydrogen-bond donors (Lipinski definition) is 1. The van der Waals surface area contributed by atoms with E-state index >= 15 is 0 Å². The molecule has 0 unspecified atom stereocenters. The fraction of sp³-hybridized carbons (Fsp3) is 0.118. The summed E-state index contributed by atoms with van der Waals surface area (Å²) in [6, 6.07) is 10.7. The first-order valence-corrected chi connectivity index (χ1v) is 7.78. The van der Waals surface area contributed by atoms with Crippen LogP contribution < -0.4 is 5.32 Å². The van der Waals surface area contributed by atoms with E-state index in [4.69, 9.17) is 27.9 Å². The minimum atomic E-state index is -0.826. The highest BCUT2D eigenvalue weighted by Gasteiger charge is 2.19. The fourth-order valence-corrected chi connectivity index (χ4v) is 2.29. The lowest BCUT2D eigenvalue weighted by atomic mass is 10.1. The van der Waals surface area contributed by atoms with Crippen LogP contribution in [0.25, 0.3) is 0 Å². The van der Waals surface area contributed by atoms with Gasteiger partial charge in [-0.2, -0.15) is 0 Å².